The van der Waals surface area contributed by atoms with Gasteiger partial charge in [-0.25, -0.2) is 4.98 Å². The van der Waals surface area contributed by atoms with Crippen molar-refractivity contribution in [3.8, 4) is 0 Å². The molecule has 16 heavy (non-hydrogen) atoms. The molecule has 3 heterocycles. The molecule has 0 spiro atoms. The number of ether oxygens (including phenoxy) is 1. The van der Waals surface area contributed by atoms with Crippen molar-refractivity contribution in [1.29, 1.82) is 0 Å². The third kappa shape index (κ3) is 1.66. The number of hydrogen-bond donors (Lipinski definition) is 0. The number of hydrogen-bond acceptors (Lipinski definition) is 4. The second kappa shape index (κ2) is 3.99. The topological polar surface area (TPSA) is 44.1 Å². The summed E-state index contributed by atoms with van der Waals surface area (Å²) in [6.07, 6.45) is 3.93. The van der Waals surface area contributed by atoms with Gasteiger partial charge in [0.25, 0.3) is 5.56 Å². The zero-order valence-corrected chi connectivity index (χ0v) is 9.57. The fourth-order valence-corrected chi connectivity index (χ4v) is 2.75. The summed E-state index contributed by atoms with van der Waals surface area (Å²) in [6, 6.07) is 1.83. The molecule has 2 aromatic rings. The number of nitrogens with zero attached hydrogens (tertiary/aromatic N) is 2. The van der Waals surface area contributed by atoms with Gasteiger partial charge in [-0.2, -0.15) is 0 Å². The number of rotatable bonds is 2. The van der Waals surface area contributed by atoms with Crippen LogP contribution in [-0.4, -0.2) is 22.3 Å². The molecular weight excluding hydrogens is 224 g/mol. The van der Waals surface area contributed by atoms with Crippen molar-refractivity contribution < 1.29 is 4.74 Å². The molecule has 5 heteroatoms. The highest BCUT2D eigenvalue weighted by atomic mass is 32.1. The summed E-state index contributed by atoms with van der Waals surface area (Å²) in [5.74, 6) is 0. The Morgan fingerprint density at radius 1 is 1.62 bits per heavy atom. The van der Waals surface area contributed by atoms with Gasteiger partial charge in [0.1, 0.15) is 4.83 Å². The van der Waals surface area contributed by atoms with Crippen LogP contribution in [0, 0.1) is 0 Å². The lowest BCUT2D eigenvalue weighted by molar-refractivity contribution is 0.0960. The van der Waals surface area contributed by atoms with E-state index in [4.69, 9.17) is 4.74 Å². The van der Waals surface area contributed by atoms with Gasteiger partial charge in [0.05, 0.1) is 24.4 Å². The van der Waals surface area contributed by atoms with Crippen LogP contribution in [0.1, 0.15) is 12.8 Å². The predicted molar refractivity (Wildman–Crippen MR) is 62.9 cm³/mol. The molecule has 1 atom stereocenters. The maximum atomic E-state index is 12.1. The minimum absolute atomic E-state index is 0.0433. The Bertz CT molecular complexity index is 554. The van der Waals surface area contributed by atoms with Gasteiger partial charge >= 0.3 is 0 Å². The first-order valence-corrected chi connectivity index (χ1v) is 6.27. The lowest BCUT2D eigenvalue weighted by atomic mass is 10.2. The van der Waals surface area contributed by atoms with Crippen LogP contribution in [0.15, 0.2) is 22.6 Å². The molecule has 1 unspecified atom stereocenters. The molecule has 2 aromatic heterocycles. The minimum atomic E-state index is 0.0433. The van der Waals surface area contributed by atoms with Gasteiger partial charge in [-0.15, -0.1) is 11.3 Å². The van der Waals surface area contributed by atoms with E-state index in [1.165, 1.54) is 11.3 Å². The SMILES string of the molecule is O=c1c2ccsc2ncn1CC1CCCO1. The predicted octanol–water partition coefficient (Wildman–Crippen LogP) is 1.64. The van der Waals surface area contributed by atoms with Crippen LogP contribution < -0.4 is 5.56 Å². The van der Waals surface area contributed by atoms with Crippen LogP contribution in [0.4, 0.5) is 0 Å². The van der Waals surface area contributed by atoms with E-state index in [0.29, 0.717) is 11.9 Å². The maximum Gasteiger partial charge on any atom is 0.262 e. The first-order chi connectivity index (χ1) is 7.84. The lowest BCUT2D eigenvalue weighted by Crippen LogP contribution is -2.26. The molecule has 0 radical (unpaired) electrons. The highest BCUT2D eigenvalue weighted by molar-refractivity contribution is 7.16. The van der Waals surface area contributed by atoms with Crippen LogP contribution in [0.5, 0.6) is 0 Å². The highest BCUT2D eigenvalue weighted by Gasteiger charge is 2.17. The fraction of sp³-hybridized carbons (Fsp3) is 0.455. The smallest absolute Gasteiger partial charge is 0.262 e. The Morgan fingerprint density at radius 2 is 2.56 bits per heavy atom. The molecular formula is C11H12N2O2S. The molecule has 3 rings (SSSR count). The fourth-order valence-electron chi connectivity index (χ4n) is 2.03. The first-order valence-electron chi connectivity index (χ1n) is 5.39. The molecule has 0 N–H and O–H groups in total. The van der Waals surface area contributed by atoms with Crippen molar-refractivity contribution in [1.82, 2.24) is 9.55 Å². The molecule has 1 fully saturated rings. The summed E-state index contributed by atoms with van der Waals surface area (Å²) >= 11 is 1.50. The van der Waals surface area contributed by atoms with E-state index in [2.05, 4.69) is 4.98 Å². The summed E-state index contributed by atoms with van der Waals surface area (Å²) in [7, 11) is 0. The molecule has 84 valence electrons. The van der Waals surface area contributed by atoms with Crippen LogP contribution in [-0.2, 0) is 11.3 Å². The van der Waals surface area contributed by atoms with Crippen LogP contribution in [0.25, 0.3) is 10.2 Å². The largest absolute Gasteiger partial charge is 0.376 e. The number of aromatic nitrogens is 2. The van der Waals surface area contributed by atoms with Crippen molar-refractivity contribution in [3.63, 3.8) is 0 Å². The highest BCUT2D eigenvalue weighted by Crippen LogP contribution is 2.15. The van der Waals surface area contributed by atoms with Crippen LogP contribution in [0.2, 0.25) is 0 Å². The average molecular weight is 236 g/mol. The van der Waals surface area contributed by atoms with Crippen molar-refractivity contribution >= 4 is 21.6 Å². The summed E-state index contributed by atoms with van der Waals surface area (Å²) in [4.78, 5) is 17.1. The van der Waals surface area contributed by atoms with Gasteiger partial charge in [-0.3, -0.25) is 9.36 Å². The minimum Gasteiger partial charge on any atom is -0.376 e. The van der Waals surface area contributed by atoms with Gasteiger partial charge in [-0.05, 0) is 24.3 Å². The van der Waals surface area contributed by atoms with Gasteiger partial charge in [0.2, 0.25) is 0 Å². The maximum absolute atomic E-state index is 12.1. The van der Waals surface area contributed by atoms with E-state index in [0.717, 1.165) is 24.3 Å². The van der Waals surface area contributed by atoms with Gasteiger partial charge in [-0.1, -0.05) is 0 Å². The summed E-state index contributed by atoms with van der Waals surface area (Å²) in [5.41, 5.74) is 0.0433. The standard InChI is InChI=1S/C11H12N2O2S/c14-11-9-3-5-16-10(9)12-7-13(11)6-8-2-1-4-15-8/h3,5,7-8H,1-2,4,6H2. The second-order valence-corrected chi connectivity index (χ2v) is 4.87. The molecule has 1 aliphatic heterocycles. The molecule has 1 aliphatic rings. The first kappa shape index (κ1) is 9.99. The van der Waals surface area contributed by atoms with E-state index in [1.54, 1.807) is 10.9 Å². The normalized spacial score (nSPS) is 20.6. The van der Waals surface area contributed by atoms with Crippen molar-refractivity contribution in [2.45, 2.75) is 25.5 Å². The molecule has 0 bridgehead atoms. The molecule has 4 nitrogen and oxygen atoms in total. The summed E-state index contributed by atoms with van der Waals surface area (Å²) < 4.78 is 7.18. The van der Waals surface area contributed by atoms with Gasteiger partial charge in [0.15, 0.2) is 0 Å². The molecule has 0 saturated carbocycles. The van der Waals surface area contributed by atoms with Gasteiger partial charge < -0.3 is 4.74 Å². The zero-order valence-electron chi connectivity index (χ0n) is 8.76. The summed E-state index contributed by atoms with van der Waals surface area (Å²) in [5, 5.41) is 2.61. The Labute approximate surface area is 96.5 Å². The molecule has 1 saturated heterocycles. The Kier molecular flexibility index (Phi) is 2.49. The Morgan fingerprint density at radius 3 is 3.38 bits per heavy atom. The average Bonchev–Trinajstić information content (AvgIpc) is 2.93. The van der Waals surface area contributed by atoms with E-state index in [1.807, 2.05) is 11.4 Å². The number of fused-ring (bicyclic) bond motifs is 1. The van der Waals surface area contributed by atoms with Crippen LogP contribution >= 0.6 is 11.3 Å². The summed E-state index contributed by atoms with van der Waals surface area (Å²) in [6.45, 7) is 1.44. The van der Waals surface area contributed by atoms with Crippen molar-refractivity contribution in [3.05, 3.63) is 28.1 Å². The molecule has 0 aliphatic carbocycles. The monoisotopic (exact) mass is 236 g/mol. The number of thiophene rings is 1. The van der Waals surface area contributed by atoms with E-state index in [9.17, 15) is 4.79 Å². The second-order valence-electron chi connectivity index (χ2n) is 3.98. The van der Waals surface area contributed by atoms with E-state index in [-0.39, 0.29) is 11.7 Å². The van der Waals surface area contributed by atoms with Crippen molar-refractivity contribution in [2.24, 2.45) is 0 Å². The van der Waals surface area contributed by atoms with E-state index < -0.39 is 0 Å². The zero-order chi connectivity index (χ0) is 11.0. The molecule has 0 amide bonds. The quantitative estimate of drug-likeness (QED) is 0.796. The van der Waals surface area contributed by atoms with Crippen molar-refractivity contribution in [2.75, 3.05) is 6.61 Å². The van der Waals surface area contributed by atoms with E-state index >= 15 is 0 Å². The third-order valence-corrected chi connectivity index (χ3v) is 3.70. The third-order valence-electron chi connectivity index (χ3n) is 2.87. The Balaban J connectivity index is 1.96. The Hall–Kier alpha value is -1.20. The van der Waals surface area contributed by atoms with Crippen LogP contribution in [0.3, 0.4) is 0 Å². The van der Waals surface area contributed by atoms with Gasteiger partial charge in [0, 0.05) is 6.61 Å². The lowest BCUT2D eigenvalue weighted by Gasteiger charge is -2.10. The molecule has 0 aromatic carbocycles.